The molecular formula is C21H16F3N3O5S. The lowest BCUT2D eigenvalue weighted by molar-refractivity contribution is -0.137. The maximum Gasteiger partial charge on any atom is 0.416 e. The summed E-state index contributed by atoms with van der Waals surface area (Å²) in [6.07, 6.45) is -4.47. The Hall–Kier alpha value is -3.77. The number of halogens is 3. The molecule has 0 radical (unpaired) electrons. The first-order chi connectivity index (χ1) is 15.5. The molecule has 3 N–H and O–H groups in total. The molecule has 3 aromatic carbocycles. The van der Waals surface area contributed by atoms with Crippen LogP contribution in [0.15, 0.2) is 81.9 Å². The monoisotopic (exact) mass is 479 g/mol. The fraction of sp³-hybridized carbons (Fsp3) is 0.0952. The Labute approximate surface area is 186 Å². The van der Waals surface area contributed by atoms with Crippen LogP contribution in [0.25, 0.3) is 0 Å². The van der Waals surface area contributed by atoms with Gasteiger partial charge in [-0.05, 0) is 60.2 Å². The first-order valence-electron chi connectivity index (χ1n) is 9.19. The number of phenols is 1. The molecule has 0 heterocycles. The van der Waals surface area contributed by atoms with Crippen molar-refractivity contribution >= 4 is 27.4 Å². The Morgan fingerprint density at radius 2 is 1.48 bits per heavy atom. The van der Waals surface area contributed by atoms with Crippen LogP contribution in [0.1, 0.15) is 21.5 Å². The van der Waals surface area contributed by atoms with E-state index in [9.17, 15) is 31.5 Å². The second-order valence-electron chi connectivity index (χ2n) is 6.72. The second kappa shape index (κ2) is 9.38. The van der Waals surface area contributed by atoms with Gasteiger partial charge in [0.1, 0.15) is 11.3 Å². The molecule has 0 saturated heterocycles. The lowest BCUT2D eigenvalue weighted by Gasteiger charge is -2.09. The van der Waals surface area contributed by atoms with Crippen LogP contribution in [-0.4, -0.2) is 24.6 Å². The third kappa shape index (κ3) is 6.14. The zero-order chi connectivity index (χ0) is 24.2. The van der Waals surface area contributed by atoms with Crippen molar-refractivity contribution in [3.05, 3.63) is 83.4 Å². The second-order valence-corrected chi connectivity index (χ2v) is 8.49. The molecule has 0 unspecified atom stereocenters. The van der Waals surface area contributed by atoms with E-state index >= 15 is 0 Å². The lowest BCUT2D eigenvalue weighted by Crippen LogP contribution is -2.23. The predicted octanol–water partition coefficient (Wildman–Crippen LogP) is 5.00. The largest absolute Gasteiger partial charge is 0.507 e. The van der Waals surface area contributed by atoms with Crippen molar-refractivity contribution in [2.24, 2.45) is 10.2 Å². The Morgan fingerprint density at radius 3 is 2.06 bits per heavy atom. The summed E-state index contributed by atoms with van der Waals surface area (Å²) in [6.45, 7) is -0.200. The minimum atomic E-state index is -4.47. The number of benzene rings is 3. The number of rotatable bonds is 7. The van der Waals surface area contributed by atoms with Gasteiger partial charge >= 0.3 is 12.1 Å². The molecule has 0 saturated carbocycles. The summed E-state index contributed by atoms with van der Waals surface area (Å²) in [5, 5.41) is 26.3. The van der Waals surface area contributed by atoms with E-state index in [1.807, 2.05) is 0 Å². The van der Waals surface area contributed by atoms with E-state index in [4.69, 9.17) is 5.11 Å². The number of alkyl halides is 3. The number of azo groups is 1. The predicted molar refractivity (Wildman–Crippen MR) is 111 cm³/mol. The number of nitrogens with zero attached hydrogens (tertiary/aromatic N) is 2. The van der Waals surface area contributed by atoms with Crippen molar-refractivity contribution in [2.75, 3.05) is 0 Å². The zero-order valence-corrected chi connectivity index (χ0v) is 17.4. The Bertz CT molecular complexity index is 1290. The first kappa shape index (κ1) is 23.9. The van der Waals surface area contributed by atoms with Crippen LogP contribution < -0.4 is 4.72 Å². The summed E-state index contributed by atoms with van der Waals surface area (Å²) in [4.78, 5) is 10.9. The molecule has 8 nitrogen and oxygen atoms in total. The van der Waals surface area contributed by atoms with Gasteiger partial charge < -0.3 is 10.2 Å². The number of nitrogens with one attached hydrogen (secondary N) is 1. The van der Waals surface area contributed by atoms with Crippen molar-refractivity contribution in [1.29, 1.82) is 0 Å². The van der Waals surface area contributed by atoms with Crippen molar-refractivity contribution < 1.29 is 36.6 Å². The van der Waals surface area contributed by atoms with Gasteiger partial charge in [-0.2, -0.15) is 23.4 Å². The highest BCUT2D eigenvalue weighted by Crippen LogP contribution is 2.29. The summed E-state index contributed by atoms with van der Waals surface area (Å²) in [5.74, 6) is -1.75. The molecule has 0 bridgehead atoms. The summed E-state index contributed by atoms with van der Waals surface area (Å²) >= 11 is 0. The molecule has 0 fully saturated rings. The standard InChI is InChI=1S/C21H16F3N3O5S/c22-21(23,24)14-3-1-13(2-4-14)12-25-33(31,32)17-8-5-15(6-9-17)26-27-16-7-10-19(28)18(11-16)20(29)30/h1-11,25,28H,12H2,(H,29,30). The number of aromatic carboxylic acids is 1. The van der Waals surface area contributed by atoms with Gasteiger partial charge in [-0.25, -0.2) is 17.9 Å². The molecule has 0 atom stereocenters. The molecule has 33 heavy (non-hydrogen) atoms. The molecule has 0 amide bonds. The van der Waals surface area contributed by atoms with Gasteiger partial charge in [-0.1, -0.05) is 12.1 Å². The van der Waals surface area contributed by atoms with Gasteiger partial charge in [0, 0.05) is 6.54 Å². The molecule has 0 spiro atoms. The number of hydrogen-bond donors (Lipinski definition) is 3. The third-order valence-corrected chi connectivity index (χ3v) is 5.80. The maximum absolute atomic E-state index is 12.6. The highest BCUT2D eigenvalue weighted by Gasteiger charge is 2.30. The molecule has 0 aliphatic rings. The van der Waals surface area contributed by atoms with E-state index in [0.717, 1.165) is 24.3 Å². The molecule has 0 aliphatic carbocycles. The number of aromatic hydroxyl groups is 1. The van der Waals surface area contributed by atoms with E-state index in [-0.39, 0.29) is 28.4 Å². The van der Waals surface area contributed by atoms with E-state index in [0.29, 0.717) is 5.56 Å². The number of sulfonamides is 1. The van der Waals surface area contributed by atoms with Crippen LogP contribution in [0.4, 0.5) is 24.5 Å². The van der Waals surface area contributed by atoms with Crippen molar-refractivity contribution in [2.45, 2.75) is 17.6 Å². The molecular weight excluding hydrogens is 463 g/mol. The van der Waals surface area contributed by atoms with Crippen LogP contribution in [0.2, 0.25) is 0 Å². The normalized spacial score (nSPS) is 12.2. The van der Waals surface area contributed by atoms with Crippen LogP contribution in [0, 0.1) is 0 Å². The third-order valence-electron chi connectivity index (χ3n) is 4.39. The minimum absolute atomic E-state index is 0.0915. The van der Waals surface area contributed by atoms with Crippen LogP contribution in [0.3, 0.4) is 0 Å². The van der Waals surface area contributed by atoms with E-state index in [1.165, 1.54) is 42.5 Å². The number of hydrogen-bond acceptors (Lipinski definition) is 6. The summed E-state index contributed by atoms with van der Waals surface area (Å²) in [6, 6.07) is 13.0. The number of carbonyl (C=O) groups is 1. The van der Waals surface area contributed by atoms with Gasteiger partial charge in [0.15, 0.2) is 0 Å². The molecule has 3 aromatic rings. The first-order valence-corrected chi connectivity index (χ1v) is 10.7. The average Bonchev–Trinajstić information content (AvgIpc) is 2.77. The minimum Gasteiger partial charge on any atom is -0.507 e. The molecule has 3 rings (SSSR count). The molecule has 0 aromatic heterocycles. The van der Waals surface area contributed by atoms with Crippen LogP contribution in [0.5, 0.6) is 5.75 Å². The van der Waals surface area contributed by atoms with Gasteiger partial charge in [-0.15, -0.1) is 0 Å². The smallest absolute Gasteiger partial charge is 0.416 e. The van der Waals surface area contributed by atoms with Crippen molar-refractivity contribution in [3.8, 4) is 5.75 Å². The van der Waals surface area contributed by atoms with E-state index in [1.54, 1.807) is 0 Å². The number of carboxylic acids is 1. The molecule has 12 heteroatoms. The fourth-order valence-electron chi connectivity index (χ4n) is 2.64. The average molecular weight is 479 g/mol. The summed E-state index contributed by atoms with van der Waals surface area (Å²) in [7, 11) is -3.94. The molecule has 172 valence electrons. The quantitative estimate of drug-likeness (QED) is 0.411. The SMILES string of the molecule is O=C(O)c1cc(N=Nc2ccc(S(=O)(=O)NCc3ccc(C(F)(F)F)cc3)cc2)ccc1O. The Balaban J connectivity index is 1.67. The fourth-order valence-corrected chi connectivity index (χ4v) is 3.66. The number of carboxylic acid groups (broad SMARTS) is 1. The summed E-state index contributed by atoms with van der Waals surface area (Å²) in [5.41, 5.74) is -0.370. The van der Waals surface area contributed by atoms with Crippen LogP contribution >= 0.6 is 0 Å². The Morgan fingerprint density at radius 1 is 0.909 bits per heavy atom. The highest BCUT2D eigenvalue weighted by molar-refractivity contribution is 7.89. The lowest BCUT2D eigenvalue weighted by atomic mass is 10.1. The van der Waals surface area contributed by atoms with Gasteiger partial charge in [-0.3, -0.25) is 0 Å². The van der Waals surface area contributed by atoms with Crippen LogP contribution in [-0.2, 0) is 22.7 Å². The highest BCUT2D eigenvalue weighted by atomic mass is 32.2. The van der Waals surface area contributed by atoms with Crippen molar-refractivity contribution in [1.82, 2.24) is 4.72 Å². The maximum atomic E-state index is 12.6. The van der Waals surface area contributed by atoms with E-state index in [2.05, 4.69) is 15.0 Å². The topological polar surface area (TPSA) is 128 Å². The van der Waals surface area contributed by atoms with Crippen molar-refractivity contribution in [3.63, 3.8) is 0 Å². The molecule has 0 aliphatic heterocycles. The van der Waals surface area contributed by atoms with Gasteiger partial charge in [0.05, 0.1) is 21.8 Å². The van der Waals surface area contributed by atoms with Gasteiger partial charge in [0.2, 0.25) is 10.0 Å². The zero-order valence-electron chi connectivity index (χ0n) is 16.6. The Kier molecular flexibility index (Phi) is 6.79. The van der Waals surface area contributed by atoms with E-state index < -0.39 is 33.5 Å². The summed E-state index contributed by atoms with van der Waals surface area (Å²) < 4.78 is 65.0. The van der Waals surface area contributed by atoms with Gasteiger partial charge in [0.25, 0.3) is 0 Å².